The van der Waals surface area contributed by atoms with Crippen LogP contribution in [0.2, 0.25) is 0 Å². The average molecular weight is 423 g/mol. The van der Waals surface area contributed by atoms with Gasteiger partial charge < -0.3 is 4.90 Å². The van der Waals surface area contributed by atoms with E-state index in [1.807, 2.05) is 12.1 Å². The molecule has 1 fully saturated rings. The number of imide groups is 1. The quantitative estimate of drug-likeness (QED) is 0.583. The molecule has 2 aliphatic heterocycles. The number of carbonyl (C=O) groups excluding carboxylic acids is 2. The molecule has 4 heterocycles. The molecule has 0 N–H and O–H groups in total. The Hall–Kier alpha value is -3.04. The van der Waals surface area contributed by atoms with Crippen LogP contribution in [-0.4, -0.2) is 58.1 Å². The second-order valence-electron chi connectivity index (χ2n) is 7.59. The summed E-state index contributed by atoms with van der Waals surface area (Å²) in [6.07, 6.45) is 0. The van der Waals surface area contributed by atoms with Crippen molar-refractivity contribution in [1.82, 2.24) is 20.1 Å². The van der Waals surface area contributed by atoms with Gasteiger partial charge in [0.05, 0.1) is 23.4 Å². The van der Waals surface area contributed by atoms with Crippen LogP contribution in [0.5, 0.6) is 0 Å². The zero-order valence-electron chi connectivity index (χ0n) is 16.6. The molecular weight excluding hydrogens is 402 g/mol. The predicted octanol–water partition coefficient (Wildman–Crippen LogP) is 2.56. The first-order valence-corrected chi connectivity index (χ1v) is 10.8. The monoisotopic (exact) mass is 423 g/mol. The van der Waals surface area contributed by atoms with Crippen LogP contribution in [0.15, 0.2) is 39.7 Å². The van der Waals surface area contributed by atoms with Crippen molar-refractivity contribution in [1.29, 1.82) is 0 Å². The number of anilines is 1. The highest BCUT2D eigenvalue weighted by atomic mass is 32.1. The van der Waals surface area contributed by atoms with Crippen LogP contribution in [0.4, 0.5) is 5.69 Å². The van der Waals surface area contributed by atoms with E-state index in [0.29, 0.717) is 22.5 Å². The molecule has 2 aromatic heterocycles. The average Bonchev–Trinajstić information content (AvgIpc) is 3.47. The van der Waals surface area contributed by atoms with Crippen molar-refractivity contribution in [3.63, 3.8) is 0 Å². The first-order chi connectivity index (χ1) is 14.6. The summed E-state index contributed by atoms with van der Waals surface area (Å²) in [4.78, 5) is 31.9. The smallest absolute Gasteiger partial charge is 0.264 e. The lowest BCUT2D eigenvalue weighted by Crippen LogP contribution is -2.46. The minimum atomic E-state index is -0.296. The minimum absolute atomic E-state index is 0.0650. The number of hydrogen-bond donors (Lipinski definition) is 0. The Morgan fingerprint density at radius 2 is 1.87 bits per heavy atom. The zero-order valence-corrected chi connectivity index (χ0v) is 17.4. The van der Waals surface area contributed by atoms with Crippen LogP contribution in [0.25, 0.3) is 0 Å². The highest BCUT2D eigenvalue weighted by Gasteiger charge is 2.39. The fraction of sp³-hybridized carbons (Fsp3) is 0.333. The van der Waals surface area contributed by atoms with Gasteiger partial charge in [-0.05, 0) is 41.4 Å². The Balaban J connectivity index is 1.34. The molecule has 0 unspecified atom stereocenters. The number of nitrogens with zero attached hydrogens (tertiary/aromatic N) is 5. The van der Waals surface area contributed by atoms with Crippen LogP contribution in [0.3, 0.4) is 0 Å². The Kier molecular flexibility index (Phi) is 4.84. The molecule has 0 atom stereocenters. The number of piperazine rings is 1. The van der Waals surface area contributed by atoms with Crippen LogP contribution in [0, 0.1) is 6.92 Å². The van der Waals surface area contributed by atoms with Crippen LogP contribution < -0.4 is 4.90 Å². The number of rotatable bonds is 5. The molecule has 3 aromatic rings. The van der Waals surface area contributed by atoms with Gasteiger partial charge in [0, 0.05) is 32.7 Å². The van der Waals surface area contributed by atoms with Gasteiger partial charge in [-0.1, -0.05) is 16.4 Å². The van der Waals surface area contributed by atoms with Crippen molar-refractivity contribution in [2.75, 3.05) is 31.1 Å². The molecule has 30 heavy (non-hydrogen) atoms. The van der Waals surface area contributed by atoms with Crippen molar-refractivity contribution < 1.29 is 14.2 Å². The standard InChI is InChI=1S/C21H21N5O3S/c1-14-17(23-29-22-14)12-26-20(27)16-3-2-4-18(19(16)21(26)28)25-8-6-24(7-9-25)11-15-5-10-30-13-15/h2-5,10,13H,6-9,11-12H2,1H3. The van der Waals surface area contributed by atoms with Crippen LogP contribution in [-0.2, 0) is 13.1 Å². The van der Waals surface area contributed by atoms with Gasteiger partial charge in [-0.2, -0.15) is 11.3 Å². The third-order valence-electron chi connectivity index (χ3n) is 5.73. The van der Waals surface area contributed by atoms with Gasteiger partial charge in [0.15, 0.2) is 0 Å². The van der Waals surface area contributed by atoms with Gasteiger partial charge in [-0.3, -0.25) is 19.4 Å². The van der Waals surface area contributed by atoms with Crippen LogP contribution >= 0.6 is 11.3 Å². The molecule has 8 nitrogen and oxygen atoms in total. The zero-order chi connectivity index (χ0) is 20.7. The molecule has 5 rings (SSSR count). The van der Waals surface area contributed by atoms with Crippen molar-refractivity contribution in [3.8, 4) is 0 Å². The maximum Gasteiger partial charge on any atom is 0.264 e. The van der Waals surface area contributed by atoms with Crippen molar-refractivity contribution in [2.24, 2.45) is 0 Å². The SMILES string of the molecule is Cc1nonc1CN1C(=O)c2cccc(N3CCN(Cc4ccsc4)CC3)c2C1=O. The van der Waals surface area contributed by atoms with Gasteiger partial charge in [0.25, 0.3) is 11.8 Å². The number of fused-ring (bicyclic) bond motifs is 1. The highest BCUT2D eigenvalue weighted by Crippen LogP contribution is 2.33. The number of thiophene rings is 1. The van der Waals surface area contributed by atoms with Crippen LogP contribution in [0.1, 0.15) is 37.7 Å². The van der Waals surface area contributed by atoms with Crippen molar-refractivity contribution >= 4 is 28.8 Å². The molecule has 2 aliphatic rings. The second kappa shape index (κ2) is 7.66. The molecular formula is C21H21N5O3S. The fourth-order valence-electron chi connectivity index (χ4n) is 4.05. The van der Waals surface area contributed by atoms with Gasteiger partial charge in [0.1, 0.15) is 11.4 Å². The summed E-state index contributed by atoms with van der Waals surface area (Å²) in [6, 6.07) is 7.67. The third kappa shape index (κ3) is 3.29. The summed E-state index contributed by atoms with van der Waals surface area (Å²) in [6.45, 7) is 6.20. The lowest BCUT2D eigenvalue weighted by molar-refractivity contribution is 0.0639. The molecule has 0 spiro atoms. The van der Waals surface area contributed by atoms with E-state index in [4.69, 9.17) is 4.63 Å². The molecule has 2 amide bonds. The van der Waals surface area contributed by atoms with E-state index in [-0.39, 0.29) is 18.4 Å². The molecule has 154 valence electrons. The molecule has 0 saturated carbocycles. The molecule has 1 aromatic carbocycles. The number of hydrogen-bond acceptors (Lipinski definition) is 8. The fourth-order valence-corrected chi connectivity index (χ4v) is 4.71. The van der Waals surface area contributed by atoms with E-state index in [0.717, 1.165) is 38.4 Å². The van der Waals surface area contributed by atoms with Gasteiger partial charge in [-0.25, -0.2) is 4.63 Å². The first-order valence-electron chi connectivity index (χ1n) is 9.87. The minimum Gasteiger partial charge on any atom is -0.368 e. The largest absolute Gasteiger partial charge is 0.368 e. The maximum absolute atomic E-state index is 13.2. The lowest BCUT2D eigenvalue weighted by Gasteiger charge is -2.36. The van der Waals surface area contributed by atoms with E-state index < -0.39 is 0 Å². The van der Waals surface area contributed by atoms with E-state index >= 15 is 0 Å². The summed E-state index contributed by atoms with van der Waals surface area (Å²) in [7, 11) is 0. The molecule has 1 saturated heterocycles. The molecule has 0 aliphatic carbocycles. The Labute approximate surface area is 177 Å². The van der Waals surface area contributed by atoms with E-state index in [9.17, 15) is 9.59 Å². The summed E-state index contributed by atoms with van der Waals surface area (Å²) < 4.78 is 4.71. The van der Waals surface area contributed by atoms with E-state index in [1.54, 1.807) is 24.3 Å². The van der Waals surface area contributed by atoms with E-state index in [1.165, 1.54) is 10.5 Å². The third-order valence-corrected chi connectivity index (χ3v) is 6.46. The first kappa shape index (κ1) is 19.0. The number of benzene rings is 1. The Bertz CT molecular complexity index is 1090. The van der Waals surface area contributed by atoms with Gasteiger partial charge in [-0.15, -0.1) is 0 Å². The molecule has 9 heteroatoms. The summed E-state index contributed by atoms with van der Waals surface area (Å²) in [5, 5.41) is 11.8. The second-order valence-corrected chi connectivity index (χ2v) is 8.37. The topological polar surface area (TPSA) is 82.8 Å². The number of aromatic nitrogens is 2. The summed E-state index contributed by atoms with van der Waals surface area (Å²) >= 11 is 1.72. The number of amides is 2. The van der Waals surface area contributed by atoms with Gasteiger partial charge >= 0.3 is 0 Å². The molecule has 0 radical (unpaired) electrons. The highest BCUT2D eigenvalue weighted by molar-refractivity contribution is 7.07. The van der Waals surface area contributed by atoms with Crippen molar-refractivity contribution in [2.45, 2.75) is 20.0 Å². The Morgan fingerprint density at radius 3 is 2.57 bits per heavy atom. The van der Waals surface area contributed by atoms with Gasteiger partial charge in [0.2, 0.25) is 0 Å². The van der Waals surface area contributed by atoms with E-state index in [2.05, 4.69) is 36.9 Å². The number of carbonyl (C=O) groups is 2. The Morgan fingerprint density at radius 1 is 1.03 bits per heavy atom. The summed E-state index contributed by atoms with van der Waals surface area (Å²) in [5.41, 5.74) is 4.18. The normalized spacial score (nSPS) is 17.1. The molecule has 0 bridgehead atoms. The summed E-state index contributed by atoms with van der Waals surface area (Å²) in [5.74, 6) is -0.580. The maximum atomic E-state index is 13.2. The predicted molar refractivity (Wildman–Crippen MR) is 111 cm³/mol. The number of aryl methyl sites for hydroxylation is 1. The lowest BCUT2D eigenvalue weighted by atomic mass is 10.1. The van der Waals surface area contributed by atoms with Crippen molar-refractivity contribution in [3.05, 3.63) is 63.1 Å².